The summed E-state index contributed by atoms with van der Waals surface area (Å²) >= 11 is 0. The molecule has 1 saturated carbocycles. The lowest BCUT2D eigenvalue weighted by Gasteiger charge is -2.19. The van der Waals surface area contributed by atoms with Crippen LogP contribution in [-0.4, -0.2) is 11.5 Å². The van der Waals surface area contributed by atoms with E-state index in [4.69, 9.17) is 4.42 Å². The lowest BCUT2D eigenvalue weighted by atomic mass is 9.93. The molecular weight excluding hydrogens is 236 g/mol. The molecular formula is C16H18N2O. The van der Waals surface area contributed by atoms with Crippen molar-refractivity contribution in [3.05, 3.63) is 36.2 Å². The molecule has 1 aromatic heterocycles. The predicted molar refractivity (Wildman–Crippen MR) is 76.1 cm³/mol. The Hall–Kier alpha value is -1.77. The highest BCUT2D eigenvalue weighted by Gasteiger charge is 2.35. The van der Waals surface area contributed by atoms with Gasteiger partial charge >= 0.3 is 0 Å². The van der Waals surface area contributed by atoms with Gasteiger partial charge in [0, 0.05) is 19.2 Å². The summed E-state index contributed by atoms with van der Waals surface area (Å²) in [5, 5.41) is 3.56. The molecule has 1 heterocycles. The minimum absolute atomic E-state index is 0.727. The molecule has 1 aromatic carbocycles. The Labute approximate surface area is 112 Å². The van der Waals surface area contributed by atoms with Gasteiger partial charge in [0.2, 0.25) is 0 Å². The van der Waals surface area contributed by atoms with Gasteiger partial charge in [0.05, 0.1) is 0 Å². The zero-order chi connectivity index (χ0) is 12.8. The number of hydrogen-bond donors (Lipinski definition) is 1. The summed E-state index contributed by atoms with van der Waals surface area (Å²) in [5.74, 6) is 3.17. The number of nitrogens with one attached hydrogen (secondary N) is 1. The van der Waals surface area contributed by atoms with Crippen molar-refractivity contribution < 1.29 is 4.42 Å². The van der Waals surface area contributed by atoms with Crippen LogP contribution in [0.25, 0.3) is 11.1 Å². The molecule has 2 bridgehead atoms. The fraction of sp³-hybridized carbons (Fsp3) is 0.438. The summed E-state index contributed by atoms with van der Waals surface area (Å²) in [4.78, 5) is 4.37. The SMILES string of the molecule is Cc1nc2cc(NCC3CC4C=CC3C4)ccc2o1. The van der Waals surface area contributed by atoms with Crippen molar-refractivity contribution in [3.8, 4) is 0 Å². The molecule has 2 aromatic rings. The third-order valence-electron chi connectivity index (χ3n) is 4.48. The standard InChI is InChI=1S/C16H18N2O/c1-10-18-15-8-14(4-5-16(15)19-10)17-9-13-7-11-2-3-12(13)6-11/h2-5,8,11-13,17H,6-7,9H2,1H3. The van der Waals surface area contributed by atoms with Crippen molar-refractivity contribution in [1.82, 2.24) is 4.98 Å². The highest BCUT2D eigenvalue weighted by atomic mass is 16.3. The van der Waals surface area contributed by atoms with E-state index >= 15 is 0 Å². The van der Waals surface area contributed by atoms with Gasteiger partial charge in [-0.25, -0.2) is 4.98 Å². The van der Waals surface area contributed by atoms with Gasteiger partial charge in [-0.2, -0.15) is 0 Å². The molecule has 0 spiro atoms. The first-order valence-electron chi connectivity index (χ1n) is 7.07. The van der Waals surface area contributed by atoms with Gasteiger partial charge in [0.15, 0.2) is 11.5 Å². The van der Waals surface area contributed by atoms with Gasteiger partial charge in [-0.05, 0) is 48.8 Å². The fourth-order valence-electron chi connectivity index (χ4n) is 3.53. The second-order valence-electron chi connectivity index (χ2n) is 5.84. The largest absolute Gasteiger partial charge is 0.441 e. The monoisotopic (exact) mass is 254 g/mol. The predicted octanol–water partition coefficient (Wildman–Crippen LogP) is 3.76. The van der Waals surface area contributed by atoms with Crippen molar-refractivity contribution in [1.29, 1.82) is 0 Å². The highest BCUT2D eigenvalue weighted by molar-refractivity contribution is 5.77. The van der Waals surface area contributed by atoms with E-state index < -0.39 is 0 Å². The molecule has 3 atom stereocenters. The maximum absolute atomic E-state index is 5.49. The topological polar surface area (TPSA) is 38.1 Å². The summed E-state index contributed by atoms with van der Waals surface area (Å²) < 4.78 is 5.49. The smallest absolute Gasteiger partial charge is 0.192 e. The summed E-state index contributed by atoms with van der Waals surface area (Å²) in [6.45, 7) is 2.95. The van der Waals surface area contributed by atoms with Crippen LogP contribution in [0.4, 0.5) is 5.69 Å². The zero-order valence-electron chi connectivity index (χ0n) is 11.1. The number of benzene rings is 1. The summed E-state index contributed by atoms with van der Waals surface area (Å²) in [6, 6.07) is 6.16. The van der Waals surface area contributed by atoms with E-state index in [-0.39, 0.29) is 0 Å². The number of aryl methyl sites for hydroxylation is 1. The summed E-state index contributed by atoms with van der Waals surface area (Å²) in [6.07, 6.45) is 7.52. The molecule has 98 valence electrons. The zero-order valence-corrected chi connectivity index (χ0v) is 11.1. The van der Waals surface area contributed by atoms with Crippen LogP contribution in [0.2, 0.25) is 0 Å². The molecule has 0 radical (unpaired) electrons. The third-order valence-corrected chi connectivity index (χ3v) is 4.48. The Balaban J connectivity index is 1.47. The summed E-state index contributed by atoms with van der Waals surface area (Å²) in [5.41, 5.74) is 2.95. The first-order valence-corrected chi connectivity index (χ1v) is 7.07. The molecule has 3 heteroatoms. The van der Waals surface area contributed by atoms with Crippen LogP contribution in [0.3, 0.4) is 0 Å². The van der Waals surface area contributed by atoms with Gasteiger partial charge in [-0.1, -0.05) is 12.2 Å². The van der Waals surface area contributed by atoms with E-state index in [2.05, 4.69) is 34.6 Å². The van der Waals surface area contributed by atoms with Gasteiger partial charge in [-0.15, -0.1) is 0 Å². The number of nitrogens with zero attached hydrogens (tertiary/aromatic N) is 1. The molecule has 0 saturated heterocycles. The van der Waals surface area contributed by atoms with Crippen LogP contribution in [0, 0.1) is 24.7 Å². The number of aromatic nitrogens is 1. The normalized spacial score (nSPS) is 28.4. The molecule has 19 heavy (non-hydrogen) atoms. The van der Waals surface area contributed by atoms with Crippen LogP contribution in [0.5, 0.6) is 0 Å². The molecule has 3 unspecified atom stereocenters. The van der Waals surface area contributed by atoms with E-state index in [9.17, 15) is 0 Å². The van der Waals surface area contributed by atoms with Gasteiger partial charge in [-0.3, -0.25) is 0 Å². The molecule has 1 N–H and O–H groups in total. The average Bonchev–Trinajstić information content (AvgIpc) is 3.08. The number of rotatable bonds is 3. The third kappa shape index (κ3) is 1.93. The van der Waals surface area contributed by atoms with Crippen LogP contribution in [0.1, 0.15) is 18.7 Å². The molecule has 3 nitrogen and oxygen atoms in total. The maximum Gasteiger partial charge on any atom is 0.192 e. The molecule has 4 rings (SSSR count). The van der Waals surface area contributed by atoms with E-state index in [0.717, 1.165) is 47.0 Å². The van der Waals surface area contributed by atoms with Crippen LogP contribution in [0.15, 0.2) is 34.8 Å². The number of oxazole rings is 1. The minimum Gasteiger partial charge on any atom is -0.441 e. The van der Waals surface area contributed by atoms with Crippen molar-refractivity contribution in [2.45, 2.75) is 19.8 Å². The number of fused-ring (bicyclic) bond motifs is 3. The Morgan fingerprint density at radius 2 is 2.26 bits per heavy atom. The molecule has 2 aliphatic rings. The van der Waals surface area contributed by atoms with Crippen LogP contribution < -0.4 is 5.32 Å². The number of hydrogen-bond acceptors (Lipinski definition) is 3. The Kier molecular flexibility index (Phi) is 2.40. The molecule has 2 aliphatic carbocycles. The van der Waals surface area contributed by atoms with Crippen molar-refractivity contribution >= 4 is 16.8 Å². The van der Waals surface area contributed by atoms with Gasteiger partial charge in [0.1, 0.15) is 5.52 Å². The minimum atomic E-state index is 0.727. The molecule has 1 fully saturated rings. The van der Waals surface area contributed by atoms with E-state index in [1.807, 2.05) is 13.0 Å². The Bertz CT molecular complexity index is 643. The van der Waals surface area contributed by atoms with Crippen molar-refractivity contribution in [3.63, 3.8) is 0 Å². The van der Waals surface area contributed by atoms with E-state index in [1.54, 1.807) is 0 Å². The number of anilines is 1. The molecule has 0 aliphatic heterocycles. The average molecular weight is 254 g/mol. The summed E-state index contributed by atoms with van der Waals surface area (Å²) in [7, 11) is 0. The lowest BCUT2D eigenvalue weighted by molar-refractivity contribution is 0.472. The quantitative estimate of drug-likeness (QED) is 0.847. The van der Waals surface area contributed by atoms with Crippen LogP contribution >= 0.6 is 0 Å². The maximum atomic E-state index is 5.49. The Morgan fingerprint density at radius 1 is 1.32 bits per heavy atom. The van der Waals surface area contributed by atoms with E-state index in [1.165, 1.54) is 12.8 Å². The van der Waals surface area contributed by atoms with Gasteiger partial charge in [0.25, 0.3) is 0 Å². The van der Waals surface area contributed by atoms with E-state index in [0.29, 0.717) is 0 Å². The van der Waals surface area contributed by atoms with Crippen molar-refractivity contribution in [2.75, 3.05) is 11.9 Å². The molecule has 0 amide bonds. The van der Waals surface area contributed by atoms with Gasteiger partial charge < -0.3 is 9.73 Å². The second kappa shape index (κ2) is 4.12. The lowest BCUT2D eigenvalue weighted by Crippen LogP contribution is -2.18. The highest BCUT2D eigenvalue weighted by Crippen LogP contribution is 2.43. The van der Waals surface area contributed by atoms with Crippen LogP contribution in [-0.2, 0) is 0 Å². The first-order chi connectivity index (χ1) is 9.28. The Morgan fingerprint density at radius 3 is 3.05 bits per heavy atom. The first kappa shape index (κ1) is 11.1. The number of allylic oxidation sites excluding steroid dienone is 2. The second-order valence-corrected chi connectivity index (χ2v) is 5.84. The fourth-order valence-corrected chi connectivity index (χ4v) is 3.53. The van der Waals surface area contributed by atoms with Crippen molar-refractivity contribution in [2.24, 2.45) is 17.8 Å².